The minimum Gasteiger partial charge on any atom is -0.226 e. The maximum absolute atomic E-state index is 8.49. The summed E-state index contributed by atoms with van der Waals surface area (Å²) in [5.41, 5.74) is 2.53. The number of benzene rings is 2. The van der Waals surface area contributed by atoms with Crippen LogP contribution >= 0.6 is 0 Å². The Bertz CT molecular complexity index is 975. The van der Waals surface area contributed by atoms with Crippen LogP contribution in [0.1, 0.15) is 5.56 Å². The van der Waals surface area contributed by atoms with Gasteiger partial charge >= 0.3 is 0 Å². The zero-order chi connectivity index (χ0) is 17.9. The van der Waals surface area contributed by atoms with E-state index in [0.29, 0.717) is 0 Å². The van der Waals surface area contributed by atoms with E-state index in [1.54, 1.807) is 0 Å². The first-order valence-corrected chi connectivity index (χ1v) is 8.68. The maximum Gasteiger partial charge on any atom is 0.287 e. The summed E-state index contributed by atoms with van der Waals surface area (Å²) in [7, 11) is -4.94. The molecule has 128 valence electrons. The highest BCUT2D eigenvalue weighted by molar-refractivity contribution is 5.84. The fourth-order valence-electron chi connectivity index (χ4n) is 2.68. The number of fused-ring (bicyclic) bond motifs is 2. The highest BCUT2D eigenvalue weighted by Crippen LogP contribution is 2.15. The lowest BCUT2D eigenvalue weighted by Gasteiger charge is -2.17. The van der Waals surface area contributed by atoms with Crippen molar-refractivity contribution in [3.63, 3.8) is 0 Å². The van der Waals surface area contributed by atoms with E-state index in [9.17, 15) is 0 Å². The van der Waals surface area contributed by atoms with Gasteiger partial charge in [0.15, 0.2) is 0 Å². The van der Waals surface area contributed by atoms with Crippen LogP contribution in [0.2, 0.25) is 0 Å². The maximum atomic E-state index is 8.49. The number of hydrogen-bond donors (Lipinski definition) is 0. The van der Waals surface area contributed by atoms with Gasteiger partial charge in [0.05, 0.1) is 0 Å². The summed E-state index contributed by atoms with van der Waals surface area (Å²) in [5.74, 6) is 0. The van der Waals surface area contributed by atoms with Gasteiger partial charge in [-0.1, -0.05) is 54.6 Å². The molecule has 0 aliphatic carbocycles. The molecule has 0 unspecified atom stereocenters. The second-order valence-corrected chi connectivity index (χ2v) is 6.21. The molecule has 0 fully saturated rings. The molecule has 0 N–H and O–H groups in total. The third kappa shape index (κ3) is 4.76. The third-order valence-electron chi connectivity index (χ3n) is 3.72. The Labute approximate surface area is 146 Å². The first-order valence-electron chi connectivity index (χ1n) is 7.45. The van der Waals surface area contributed by atoms with Crippen LogP contribution in [0.4, 0.5) is 0 Å². The van der Waals surface area contributed by atoms with E-state index in [4.69, 9.17) is 18.6 Å². The number of hydrogen-bond acceptors (Lipinski definition) is 4. The molecule has 0 saturated carbocycles. The molecular weight excluding hydrogens is 344 g/mol. The van der Waals surface area contributed by atoms with Gasteiger partial charge in [0.2, 0.25) is 0 Å². The Hall–Kier alpha value is -2.48. The van der Waals surface area contributed by atoms with Crippen molar-refractivity contribution in [2.45, 2.75) is 6.54 Å². The lowest BCUT2D eigenvalue weighted by Crippen LogP contribution is -2.68. The molecule has 0 spiro atoms. The van der Waals surface area contributed by atoms with Gasteiger partial charge in [0.25, 0.3) is 5.65 Å². The zero-order valence-corrected chi connectivity index (χ0v) is 13.9. The Balaban J connectivity index is 0.000000324. The van der Waals surface area contributed by atoms with E-state index in [0.717, 1.165) is 6.54 Å². The van der Waals surface area contributed by atoms with Crippen molar-refractivity contribution in [1.29, 1.82) is 0 Å². The smallest absolute Gasteiger partial charge is 0.226 e. The van der Waals surface area contributed by atoms with Crippen molar-refractivity contribution in [2.75, 3.05) is 0 Å². The number of pyridine rings is 1. The summed E-state index contributed by atoms with van der Waals surface area (Å²) >= 11 is 0. The van der Waals surface area contributed by atoms with E-state index < -0.39 is 10.2 Å². The molecular formula is C18H15ClN2O4. The van der Waals surface area contributed by atoms with Gasteiger partial charge in [-0.05, 0) is 10.9 Å². The van der Waals surface area contributed by atoms with Crippen LogP contribution in [0.15, 0.2) is 79.3 Å². The molecule has 25 heavy (non-hydrogen) atoms. The SMILES string of the molecule is [O-][Cl+3]([O-])([O-])[O-].c1ccc(C[n+]2ccn3cc4ccccc4cc32)cc1. The summed E-state index contributed by atoms with van der Waals surface area (Å²) in [6.07, 6.45) is 6.44. The van der Waals surface area contributed by atoms with Crippen molar-refractivity contribution in [3.8, 4) is 0 Å². The standard InChI is InChI=1S/C18H15N2.ClHO4/c1-2-6-15(7-3-1)13-19-10-11-20-14-17-9-5-4-8-16(17)12-18(19)20;2-1(3,4)5/h1-12,14H,13H2;(H,2,3,4,5)/q+1;/p-1. The fraction of sp³-hybridized carbons (Fsp3) is 0.0556. The lowest BCUT2D eigenvalue weighted by molar-refractivity contribution is -2.00. The number of halogens is 1. The summed E-state index contributed by atoms with van der Waals surface area (Å²) in [5, 5.41) is 2.54. The number of rotatable bonds is 2. The van der Waals surface area contributed by atoms with Gasteiger partial charge in [0.1, 0.15) is 25.1 Å². The predicted octanol–water partition coefficient (Wildman–Crippen LogP) is -1.33. The molecule has 4 rings (SSSR count). The van der Waals surface area contributed by atoms with Gasteiger partial charge < -0.3 is 0 Å². The highest BCUT2D eigenvalue weighted by Gasteiger charge is 2.11. The summed E-state index contributed by atoms with van der Waals surface area (Å²) in [6.45, 7) is 0.898. The second-order valence-electron chi connectivity index (χ2n) is 5.46. The Morgan fingerprint density at radius 1 is 0.840 bits per heavy atom. The van der Waals surface area contributed by atoms with Crippen LogP contribution in [0.25, 0.3) is 16.4 Å². The van der Waals surface area contributed by atoms with Gasteiger partial charge in [-0.25, -0.2) is 27.6 Å². The van der Waals surface area contributed by atoms with Crippen LogP contribution in [-0.4, -0.2) is 4.40 Å². The van der Waals surface area contributed by atoms with Crippen molar-refractivity contribution >= 4 is 16.4 Å². The number of aromatic nitrogens is 2. The van der Waals surface area contributed by atoms with E-state index in [1.165, 1.54) is 22.0 Å². The summed E-state index contributed by atoms with van der Waals surface area (Å²) in [6, 6.07) is 21.3. The minimum absolute atomic E-state index is 0.898. The van der Waals surface area contributed by atoms with Crippen molar-refractivity contribution < 1.29 is 33.4 Å². The molecule has 2 heterocycles. The summed E-state index contributed by atoms with van der Waals surface area (Å²) < 4.78 is 38.4. The summed E-state index contributed by atoms with van der Waals surface area (Å²) in [4.78, 5) is 0. The Kier molecular flexibility index (Phi) is 4.98. The Morgan fingerprint density at radius 3 is 2.12 bits per heavy atom. The average Bonchev–Trinajstić information content (AvgIpc) is 2.94. The molecule has 0 atom stereocenters. The topological polar surface area (TPSA) is 101 Å². The van der Waals surface area contributed by atoms with Gasteiger partial charge in [-0.2, -0.15) is 0 Å². The molecule has 6 nitrogen and oxygen atoms in total. The predicted molar refractivity (Wildman–Crippen MR) is 80.6 cm³/mol. The second kappa shape index (κ2) is 7.18. The monoisotopic (exact) mass is 358 g/mol. The van der Waals surface area contributed by atoms with Crippen LogP contribution in [-0.2, 0) is 6.54 Å². The molecule has 0 radical (unpaired) electrons. The molecule has 0 aliphatic rings. The normalized spacial score (nSPS) is 11.4. The third-order valence-corrected chi connectivity index (χ3v) is 3.72. The fourth-order valence-corrected chi connectivity index (χ4v) is 2.68. The van der Waals surface area contributed by atoms with Gasteiger partial charge in [-0.3, -0.25) is 0 Å². The quantitative estimate of drug-likeness (QED) is 0.414. The van der Waals surface area contributed by atoms with Crippen molar-refractivity contribution in [3.05, 3.63) is 84.8 Å². The molecule has 2 aromatic carbocycles. The van der Waals surface area contributed by atoms with Crippen LogP contribution in [0, 0.1) is 10.2 Å². The molecule has 4 aromatic rings. The van der Waals surface area contributed by atoms with Crippen LogP contribution < -0.4 is 23.2 Å². The van der Waals surface area contributed by atoms with Crippen LogP contribution in [0.3, 0.4) is 0 Å². The van der Waals surface area contributed by atoms with Crippen molar-refractivity contribution in [1.82, 2.24) is 4.40 Å². The molecule has 0 amide bonds. The average molecular weight is 359 g/mol. The zero-order valence-electron chi connectivity index (χ0n) is 13.1. The first kappa shape index (κ1) is 17.3. The lowest BCUT2D eigenvalue weighted by atomic mass is 10.2. The molecule has 0 aliphatic heterocycles. The van der Waals surface area contributed by atoms with Crippen LogP contribution in [0.5, 0.6) is 0 Å². The largest absolute Gasteiger partial charge is 0.287 e. The number of nitrogens with zero attached hydrogens (tertiary/aromatic N) is 2. The Morgan fingerprint density at radius 2 is 1.44 bits per heavy atom. The van der Waals surface area contributed by atoms with Gasteiger partial charge in [-0.15, -0.1) is 10.2 Å². The molecule has 0 bridgehead atoms. The highest BCUT2D eigenvalue weighted by atomic mass is 35.7. The minimum atomic E-state index is -4.94. The van der Waals surface area contributed by atoms with E-state index in [-0.39, 0.29) is 0 Å². The first-order chi connectivity index (χ1) is 11.9. The van der Waals surface area contributed by atoms with E-state index in [1.807, 2.05) is 0 Å². The molecule has 0 saturated heterocycles. The van der Waals surface area contributed by atoms with Crippen molar-refractivity contribution in [2.24, 2.45) is 0 Å². The molecule has 7 heteroatoms. The number of imidazole rings is 1. The van der Waals surface area contributed by atoms with Gasteiger partial charge in [0, 0.05) is 11.5 Å². The van der Waals surface area contributed by atoms with E-state index >= 15 is 0 Å². The molecule has 2 aromatic heterocycles. The van der Waals surface area contributed by atoms with E-state index in [2.05, 4.69) is 88.2 Å².